The molecular weight excluding hydrogens is 496 g/mol. The van der Waals surface area contributed by atoms with Gasteiger partial charge in [-0.25, -0.2) is 4.99 Å². The van der Waals surface area contributed by atoms with Gasteiger partial charge in [0.1, 0.15) is 0 Å². The van der Waals surface area contributed by atoms with Crippen LogP contribution in [-0.4, -0.2) is 18.9 Å². The van der Waals surface area contributed by atoms with Gasteiger partial charge in [0.25, 0.3) is 0 Å². The van der Waals surface area contributed by atoms with Crippen LogP contribution < -0.4 is 14.5 Å². The van der Waals surface area contributed by atoms with Crippen LogP contribution in [0.1, 0.15) is 58.8 Å². The van der Waals surface area contributed by atoms with Gasteiger partial charge in [-0.05, 0) is 36.1 Å². The quantitative estimate of drug-likeness (QED) is 0.0796. The third kappa shape index (κ3) is 8.60. The van der Waals surface area contributed by atoms with Crippen molar-refractivity contribution >= 4 is 23.7 Å². The van der Waals surface area contributed by atoms with E-state index in [0.29, 0.717) is 13.0 Å². The summed E-state index contributed by atoms with van der Waals surface area (Å²) in [6.07, 6.45) is 16.8. The Balaban J connectivity index is 1.38. The monoisotopic (exact) mass is 536 g/mol. The Morgan fingerprint density at radius 1 is 0.775 bits per heavy atom. The first-order valence-corrected chi connectivity index (χ1v) is 14.3. The molecule has 2 aromatic carbocycles. The van der Waals surface area contributed by atoms with Crippen molar-refractivity contribution < 1.29 is 18.7 Å². The number of amides is 1. The van der Waals surface area contributed by atoms with Crippen molar-refractivity contribution in [2.45, 2.75) is 58.8 Å². The Morgan fingerprint density at radius 2 is 1.38 bits per heavy atom. The van der Waals surface area contributed by atoms with E-state index >= 15 is 0 Å². The number of ether oxygens (including phenoxy) is 1. The Kier molecular flexibility index (Phi) is 11.0. The van der Waals surface area contributed by atoms with Crippen LogP contribution in [0.15, 0.2) is 103 Å². The predicted octanol–water partition coefficient (Wildman–Crippen LogP) is 7.29. The standard InChI is InChI=1S/C34H39N4O2/c1-3-5-7-15-34(39)36-31-12-10-14-33(26-31)38-22-18-29(19-23-38)28-16-20-37(21-17-28)32-13-9-11-30(25-32)35-27-40-24-8-6-4-2/h9-14,16-23,25-27H,3-8,15,24H2,1-2H3/q+1/p+1. The number of benzene rings is 2. The summed E-state index contributed by atoms with van der Waals surface area (Å²) < 4.78 is 9.64. The van der Waals surface area contributed by atoms with Crippen molar-refractivity contribution in [3.05, 3.63) is 97.6 Å². The number of unbranched alkanes of at least 4 members (excludes halogenated alkanes) is 4. The Labute approximate surface area is 238 Å². The zero-order chi connectivity index (χ0) is 28.0. The Bertz CT molecular complexity index is 1380. The maximum Gasteiger partial charge on any atom is 0.224 e. The lowest BCUT2D eigenvalue weighted by atomic mass is 10.1. The molecule has 0 atom stereocenters. The lowest BCUT2D eigenvalue weighted by Crippen LogP contribution is -2.29. The lowest BCUT2D eigenvalue weighted by molar-refractivity contribution is -0.596. The highest BCUT2D eigenvalue weighted by Gasteiger charge is 2.11. The predicted molar refractivity (Wildman–Crippen MR) is 161 cm³/mol. The topological polar surface area (TPSA) is 58.4 Å². The van der Waals surface area contributed by atoms with E-state index < -0.39 is 0 Å². The first kappa shape index (κ1) is 28.7. The van der Waals surface area contributed by atoms with Gasteiger partial charge in [-0.3, -0.25) is 4.79 Å². The third-order valence-electron chi connectivity index (χ3n) is 6.70. The molecule has 206 valence electrons. The van der Waals surface area contributed by atoms with E-state index in [-0.39, 0.29) is 5.91 Å². The fraction of sp³-hybridized carbons (Fsp3) is 0.294. The lowest BCUT2D eigenvalue weighted by Gasteiger charge is -2.06. The van der Waals surface area contributed by atoms with Crippen LogP contribution in [0.5, 0.6) is 0 Å². The van der Waals surface area contributed by atoms with E-state index in [9.17, 15) is 4.79 Å². The fourth-order valence-corrected chi connectivity index (χ4v) is 4.41. The molecule has 0 unspecified atom stereocenters. The molecule has 4 aromatic rings. The summed E-state index contributed by atoms with van der Waals surface area (Å²) in [5.41, 5.74) is 5.97. The highest BCUT2D eigenvalue weighted by molar-refractivity contribution is 5.90. The molecule has 0 radical (unpaired) electrons. The molecule has 1 N–H and O–H groups in total. The van der Waals surface area contributed by atoms with Crippen molar-refractivity contribution in [3.63, 3.8) is 0 Å². The number of carbonyl (C=O) groups is 1. The molecule has 0 saturated heterocycles. The van der Waals surface area contributed by atoms with Crippen LogP contribution in [0.25, 0.3) is 22.5 Å². The van der Waals surface area contributed by atoms with Gasteiger partial charge in [-0.2, -0.15) is 9.13 Å². The third-order valence-corrected chi connectivity index (χ3v) is 6.70. The summed E-state index contributed by atoms with van der Waals surface area (Å²) in [5, 5.41) is 3.02. The summed E-state index contributed by atoms with van der Waals surface area (Å²) >= 11 is 0. The number of rotatable bonds is 14. The maximum atomic E-state index is 12.2. The molecular formula is C34H40N4O2+2. The van der Waals surface area contributed by atoms with Crippen LogP contribution in [0, 0.1) is 0 Å². The molecule has 6 nitrogen and oxygen atoms in total. The highest BCUT2D eigenvalue weighted by Crippen LogP contribution is 2.19. The van der Waals surface area contributed by atoms with Crippen molar-refractivity contribution in [2.75, 3.05) is 11.9 Å². The first-order chi connectivity index (χ1) is 19.7. The molecule has 0 aliphatic carbocycles. The molecule has 2 aromatic heterocycles. The number of aliphatic imine (C=N–C) groups is 1. The number of carbonyl (C=O) groups excluding carboxylic acids is 1. The van der Waals surface area contributed by atoms with Crippen LogP contribution in [0.3, 0.4) is 0 Å². The minimum Gasteiger partial charge on any atom is -0.483 e. The molecule has 0 aliphatic heterocycles. The molecule has 4 rings (SSSR count). The summed E-state index contributed by atoms with van der Waals surface area (Å²) in [7, 11) is 0. The molecule has 0 saturated carbocycles. The van der Waals surface area contributed by atoms with E-state index in [1.165, 1.54) is 12.8 Å². The van der Waals surface area contributed by atoms with Crippen LogP contribution in [0.4, 0.5) is 11.4 Å². The largest absolute Gasteiger partial charge is 0.483 e. The Morgan fingerprint density at radius 3 is 2.02 bits per heavy atom. The number of aromatic nitrogens is 2. The van der Waals surface area contributed by atoms with Gasteiger partial charge in [0.15, 0.2) is 31.2 Å². The van der Waals surface area contributed by atoms with Crippen molar-refractivity contribution in [3.8, 4) is 22.5 Å². The van der Waals surface area contributed by atoms with Crippen molar-refractivity contribution in [1.29, 1.82) is 0 Å². The number of hydrogen-bond donors (Lipinski definition) is 1. The van der Waals surface area contributed by atoms with Crippen LogP contribution in [0.2, 0.25) is 0 Å². The molecule has 2 heterocycles. The summed E-state index contributed by atoms with van der Waals surface area (Å²) in [6, 6.07) is 24.4. The first-order valence-electron chi connectivity index (χ1n) is 14.3. The molecule has 1 amide bonds. The summed E-state index contributed by atoms with van der Waals surface area (Å²) in [6.45, 7) is 5.03. The normalized spacial score (nSPS) is 11.1. The van der Waals surface area contributed by atoms with Gasteiger partial charge in [-0.15, -0.1) is 0 Å². The molecule has 6 heteroatoms. The zero-order valence-corrected chi connectivity index (χ0v) is 23.6. The molecule has 40 heavy (non-hydrogen) atoms. The average Bonchev–Trinajstić information content (AvgIpc) is 2.99. The highest BCUT2D eigenvalue weighted by atomic mass is 16.5. The van der Waals surface area contributed by atoms with E-state index in [0.717, 1.165) is 59.6 Å². The Hall–Kier alpha value is -4.32. The second kappa shape index (κ2) is 15.3. The number of anilines is 1. The molecule has 0 fully saturated rings. The second-order valence-electron chi connectivity index (χ2n) is 9.88. The number of nitrogens with zero attached hydrogens (tertiary/aromatic N) is 3. The number of nitrogens with one attached hydrogen (secondary N) is 1. The summed E-state index contributed by atoms with van der Waals surface area (Å²) in [5.74, 6) is 0.0681. The van der Waals surface area contributed by atoms with E-state index in [4.69, 9.17) is 4.74 Å². The van der Waals surface area contributed by atoms with Gasteiger partial charge in [0.05, 0.1) is 12.3 Å². The van der Waals surface area contributed by atoms with Gasteiger partial charge in [0, 0.05) is 60.6 Å². The van der Waals surface area contributed by atoms with Crippen LogP contribution >= 0.6 is 0 Å². The average molecular weight is 537 g/mol. The van der Waals surface area contributed by atoms with E-state index in [1.54, 1.807) is 6.40 Å². The van der Waals surface area contributed by atoms with E-state index in [1.807, 2.05) is 54.9 Å². The SMILES string of the molecule is CCCCCOC=Nc1cccc(-[n+]2ccc(-c3cc[n+](-c4cccc(NC(=O)CCCCC)c4)cc3)cc2)c1. The van der Waals surface area contributed by atoms with Gasteiger partial charge in [0.2, 0.25) is 17.3 Å². The van der Waals surface area contributed by atoms with Gasteiger partial charge < -0.3 is 10.1 Å². The second-order valence-corrected chi connectivity index (χ2v) is 9.88. The van der Waals surface area contributed by atoms with Crippen LogP contribution in [-0.2, 0) is 9.53 Å². The summed E-state index contributed by atoms with van der Waals surface area (Å²) in [4.78, 5) is 16.7. The van der Waals surface area contributed by atoms with Crippen molar-refractivity contribution in [1.82, 2.24) is 0 Å². The smallest absolute Gasteiger partial charge is 0.224 e. The molecule has 0 spiro atoms. The molecule has 0 bridgehead atoms. The van der Waals surface area contributed by atoms with Gasteiger partial charge in [-0.1, -0.05) is 51.7 Å². The van der Waals surface area contributed by atoms with Crippen molar-refractivity contribution in [2.24, 2.45) is 4.99 Å². The number of hydrogen-bond acceptors (Lipinski definition) is 3. The minimum absolute atomic E-state index is 0.0681. The van der Waals surface area contributed by atoms with Gasteiger partial charge >= 0.3 is 0 Å². The minimum atomic E-state index is 0.0681. The van der Waals surface area contributed by atoms with E-state index in [2.05, 4.69) is 76.0 Å². The number of pyridine rings is 2. The fourth-order valence-electron chi connectivity index (χ4n) is 4.41. The maximum absolute atomic E-state index is 12.2. The molecule has 0 aliphatic rings. The zero-order valence-electron chi connectivity index (χ0n) is 23.6.